The number of aliphatic hydroxyl groups excluding tert-OH is 1. The van der Waals surface area contributed by atoms with Gasteiger partial charge in [-0.05, 0) is 25.1 Å². The molecular weight excluding hydrogens is 248 g/mol. The maximum absolute atomic E-state index is 11.6. The molecule has 0 radical (unpaired) electrons. The predicted molar refractivity (Wildman–Crippen MR) is 71.3 cm³/mol. The number of hydrogen-bond acceptors (Lipinski definition) is 5. The first-order chi connectivity index (χ1) is 8.90. The van der Waals surface area contributed by atoms with E-state index in [0.29, 0.717) is 11.4 Å². The summed E-state index contributed by atoms with van der Waals surface area (Å²) >= 11 is 0. The highest BCUT2D eigenvalue weighted by Gasteiger charge is 2.15. The van der Waals surface area contributed by atoms with Gasteiger partial charge < -0.3 is 20.5 Å². The number of amides is 1. The lowest BCUT2D eigenvalue weighted by atomic mass is 10.2. The predicted octanol–water partition coefficient (Wildman–Crippen LogP) is 0.893. The van der Waals surface area contributed by atoms with E-state index in [2.05, 4.69) is 4.74 Å². The van der Waals surface area contributed by atoms with Crippen LogP contribution in [0.3, 0.4) is 0 Å². The largest absolute Gasteiger partial charge is 0.436 e. The van der Waals surface area contributed by atoms with Gasteiger partial charge in [0.1, 0.15) is 0 Å². The van der Waals surface area contributed by atoms with Crippen molar-refractivity contribution in [2.45, 2.75) is 26.6 Å². The number of carbonyl (C=O) groups excluding carboxylic acids is 2. The summed E-state index contributed by atoms with van der Waals surface area (Å²) in [6.07, 6.45) is -1.15. The number of rotatable bonds is 5. The highest BCUT2D eigenvalue weighted by atomic mass is 16.6. The molecule has 0 saturated heterocycles. The van der Waals surface area contributed by atoms with Gasteiger partial charge in [0.25, 0.3) is 0 Å². The summed E-state index contributed by atoms with van der Waals surface area (Å²) in [7, 11) is 0. The first kappa shape index (κ1) is 15.0. The molecule has 0 aliphatic heterocycles. The third-order valence-corrected chi connectivity index (χ3v) is 2.40. The van der Waals surface area contributed by atoms with Crippen molar-refractivity contribution in [2.75, 3.05) is 17.2 Å². The highest BCUT2D eigenvalue weighted by Crippen LogP contribution is 2.18. The Morgan fingerprint density at radius 1 is 1.47 bits per heavy atom. The van der Waals surface area contributed by atoms with Gasteiger partial charge in [-0.25, -0.2) is 0 Å². The summed E-state index contributed by atoms with van der Waals surface area (Å²) < 4.78 is 4.59. The van der Waals surface area contributed by atoms with Crippen LogP contribution in [0, 0.1) is 0 Å². The monoisotopic (exact) mass is 266 g/mol. The Morgan fingerprint density at radius 3 is 2.68 bits per heavy atom. The minimum Gasteiger partial charge on any atom is -0.436 e. The Balaban J connectivity index is 2.69. The number of hydrogen-bond donors (Lipinski definition) is 2. The molecule has 19 heavy (non-hydrogen) atoms. The molecule has 1 atom stereocenters. The number of benzene rings is 1. The van der Waals surface area contributed by atoms with Gasteiger partial charge >= 0.3 is 5.97 Å². The number of nitrogens with two attached hydrogens (primary N) is 1. The Morgan fingerprint density at radius 2 is 2.16 bits per heavy atom. The summed E-state index contributed by atoms with van der Waals surface area (Å²) in [5, 5.41) is 8.91. The maximum atomic E-state index is 11.6. The second-order valence-electron chi connectivity index (χ2n) is 4.10. The molecule has 0 bridgehead atoms. The highest BCUT2D eigenvalue weighted by molar-refractivity contribution is 5.92. The van der Waals surface area contributed by atoms with Gasteiger partial charge in [0.2, 0.25) is 5.91 Å². The van der Waals surface area contributed by atoms with Crippen molar-refractivity contribution in [3.05, 3.63) is 24.3 Å². The Hall–Kier alpha value is -2.08. The summed E-state index contributed by atoms with van der Waals surface area (Å²) in [4.78, 5) is 24.3. The quantitative estimate of drug-likeness (QED) is 0.469. The number of anilines is 2. The average molecular weight is 266 g/mol. The fourth-order valence-corrected chi connectivity index (χ4v) is 1.61. The lowest BCUT2D eigenvalue weighted by Crippen LogP contribution is -2.31. The van der Waals surface area contributed by atoms with Crippen molar-refractivity contribution < 1.29 is 19.4 Å². The minimum atomic E-state index is -1.15. The second-order valence-corrected chi connectivity index (χ2v) is 4.10. The van der Waals surface area contributed by atoms with Crippen LogP contribution in [0.4, 0.5) is 11.4 Å². The first-order valence-electron chi connectivity index (χ1n) is 5.91. The fourth-order valence-electron chi connectivity index (χ4n) is 1.61. The molecule has 0 aliphatic rings. The molecular formula is C13H18N2O4. The Kier molecular flexibility index (Phi) is 5.32. The molecule has 0 spiro atoms. The Bertz CT molecular complexity index is 460. The number of ether oxygens (including phenoxy) is 1. The van der Waals surface area contributed by atoms with Crippen molar-refractivity contribution in [1.29, 1.82) is 0 Å². The van der Waals surface area contributed by atoms with Crippen LogP contribution in [-0.4, -0.2) is 29.8 Å². The van der Waals surface area contributed by atoms with Crippen LogP contribution in [0.1, 0.15) is 20.3 Å². The van der Waals surface area contributed by atoms with Crippen LogP contribution in [-0.2, 0) is 14.3 Å². The minimum absolute atomic E-state index is 0.000715. The lowest BCUT2D eigenvalue weighted by Gasteiger charge is -2.21. The van der Waals surface area contributed by atoms with Crippen molar-refractivity contribution >= 4 is 23.3 Å². The summed E-state index contributed by atoms with van der Waals surface area (Å²) in [6, 6.07) is 6.83. The average Bonchev–Trinajstić information content (AvgIpc) is 2.27. The van der Waals surface area contributed by atoms with Gasteiger partial charge in [0.05, 0.1) is 6.42 Å². The zero-order chi connectivity index (χ0) is 14.4. The third-order valence-electron chi connectivity index (χ3n) is 2.40. The molecule has 6 nitrogen and oxygen atoms in total. The van der Waals surface area contributed by atoms with Gasteiger partial charge in [-0.2, -0.15) is 0 Å². The number of esters is 1. The SMILES string of the molecule is CC(=O)N(CCC(=O)OC(C)O)c1cccc(N)c1. The van der Waals surface area contributed by atoms with Crippen LogP contribution in [0.15, 0.2) is 24.3 Å². The van der Waals surface area contributed by atoms with Crippen LogP contribution in [0.25, 0.3) is 0 Å². The van der Waals surface area contributed by atoms with Crippen molar-refractivity contribution in [2.24, 2.45) is 0 Å². The van der Waals surface area contributed by atoms with Gasteiger partial charge in [-0.3, -0.25) is 9.59 Å². The topological polar surface area (TPSA) is 92.9 Å². The summed E-state index contributed by atoms with van der Waals surface area (Å²) in [5.74, 6) is -0.763. The van der Waals surface area contributed by atoms with Gasteiger partial charge in [-0.15, -0.1) is 0 Å². The van der Waals surface area contributed by atoms with Crippen molar-refractivity contribution in [3.8, 4) is 0 Å². The molecule has 104 valence electrons. The van der Waals surface area contributed by atoms with E-state index in [9.17, 15) is 9.59 Å². The fraction of sp³-hybridized carbons (Fsp3) is 0.385. The van der Waals surface area contributed by atoms with Gasteiger partial charge in [-0.1, -0.05) is 6.07 Å². The standard InChI is InChI=1S/C13H18N2O4/c1-9(16)15(7-6-13(18)19-10(2)17)12-5-3-4-11(14)8-12/h3-5,8,10,17H,6-7,14H2,1-2H3. The number of carbonyl (C=O) groups is 2. The van der Waals surface area contributed by atoms with E-state index in [0.717, 1.165) is 0 Å². The molecule has 1 amide bonds. The lowest BCUT2D eigenvalue weighted by molar-refractivity contribution is -0.164. The molecule has 1 aromatic rings. The number of nitrogens with zero attached hydrogens (tertiary/aromatic N) is 1. The number of aliphatic hydroxyl groups is 1. The maximum Gasteiger partial charge on any atom is 0.309 e. The van der Waals surface area contributed by atoms with E-state index < -0.39 is 12.3 Å². The van der Waals surface area contributed by atoms with E-state index in [1.807, 2.05) is 0 Å². The van der Waals surface area contributed by atoms with Crippen LogP contribution in [0.5, 0.6) is 0 Å². The van der Waals surface area contributed by atoms with E-state index in [1.54, 1.807) is 24.3 Å². The summed E-state index contributed by atoms with van der Waals surface area (Å²) in [5.41, 5.74) is 6.82. The first-order valence-corrected chi connectivity index (χ1v) is 5.91. The number of nitrogen functional groups attached to an aromatic ring is 1. The van der Waals surface area contributed by atoms with E-state index in [4.69, 9.17) is 10.8 Å². The third kappa shape index (κ3) is 4.97. The van der Waals surface area contributed by atoms with Crippen LogP contribution < -0.4 is 10.6 Å². The molecule has 0 aliphatic carbocycles. The molecule has 3 N–H and O–H groups in total. The molecule has 0 heterocycles. The molecule has 6 heteroatoms. The van der Waals surface area contributed by atoms with E-state index >= 15 is 0 Å². The van der Waals surface area contributed by atoms with Crippen molar-refractivity contribution in [3.63, 3.8) is 0 Å². The molecule has 0 aromatic heterocycles. The second kappa shape index (κ2) is 6.75. The van der Waals surface area contributed by atoms with Crippen LogP contribution >= 0.6 is 0 Å². The normalized spacial score (nSPS) is 11.7. The molecule has 1 rings (SSSR count). The molecule has 0 fully saturated rings. The molecule has 1 aromatic carbocycles. The van der Waals surface area contributed by atoms with Gasteiger partial charge in [0.15, 0.2) is 6.29 Å². The van der Waals surface area contributed by atoms with Gasteiger partial charge in [0, 0.05) is 24.8 Å². The molecule has 0 saturated carbocycles. The van der Waals surface area contributed by atoms with E-state index in [-0.39, 0.29) is 18.9 Å². The zero-order valence-corrected chi connectivity index (χ0v) is 11.0. The Labute approximate surface area is 111 Å². The summed E-state index contributed by atoms with van der Waals surface area (Å²) in [6.45, 7) is 2.92. The smallest absolute Gasteiger partial charge is 0.309 e. The van der Waals surface area contributed by atoms with E-state index in [1.165, 1.54) is 18.7 Å². The van der Waals surface area contributed by atoms with Crippen LogP contribution in [0.2, 0.25) is 0 Å². The zero-order valence-electron chi connectivity index (χ0n) is 11.0. The molecule has 1 unspecified atom stereocenters. The van der Waals surface area contributed by atoms with Crippen molar-refractivity contribution in [1.82, 2.24) is 0 Å².